The van der Waals surface area contributed by atoms with E-state index in [9.17, 15) is 4.79 Å². The van der Waals surface area contributed by atoms with Crippen LogP contribution < -0.4 is 10.6 Å². The maximum Gasteiger partial charge on any atom is 0.251 e. The minimum atomic E-state index is -0.0390. The topological polar surface area (TPSA) is 71.8 Å². The molecule has 21 heavy (non-hydrogen) atoms. The molecule has 1 aliphatic heterocycles. The normalized spacial score (nSPS) is 17.8. The molecule has 0 bridgehead atoms. The van der Waals surface area contributed by atoms with Crippen molar-refractivity contribution < 1.29 is 4.79 Å². The van der Waals surface area contributed by atoms with Crippen LogP contribution in [0.1, 0.15) is 23.2 Å². The first-order chi connectivity index (χ1) is 10.3. The van der Waals surface area contributed by atoms with Crippen molar-refractivity contribution in [3.63, 3.8) is 0 Å². The number of hydrogen-bond donors (Lipinski definition) is 2. The number of rotatable bonds is 5. The first kappa shape index (κ1) is 13.8. The van der Waals surface area contributed by atoms with Gasteiger partial charge in [-0.2, -0.15) is 5.10 Å². The number of carbonyl (C=O) groups excluding carboxylic acids is 1. The van der Waals surface area contributed by atoms with Crippen LogP contribution in [0, 0.1) is 5.92 Å². The van der Waals surface area contributed by atoms with Gasteiger partial charge in [-0.3, -0.25) is 4.79 Å². The molecule has 6 nitrogen and oxygen atoms in total. The van der Waals surface area contributed by atoms with Crippen molar-refractivity contribution in [2.24, 2.45) is 5.92 Å². The van der Waals surface area contributed by atoms with Gasteiger partial charge in [0.25, 0.3) is 5.91 Å². The molecule has 2 aromatic rings. The molecule has 6 heteroatoms. The number of benzene rings is 1. The zero-order chi connectivity index (χ0) is 14.5. The Morgan fingerprint density at radius 3 is 3.19 bits per heavy atom. The summed E-state index contributed by atoms with van der Waals surface area (Å²) in [5.41, 5.74) is 1.48. The molecule has 1 saturated heterocycles. The first-order valence-electron chi connectivity index (χ1n) is 7.27. The maximum atomic E-state index is 12.2. The Morgan fingerprint density at radius 1 is 1.48 bits per heavy atom. The highest BCUT2D eigenvalue weighted by molar-refractivity contribution is 5.94. The lowest BCUT2D eigenvalue weighted by Gasteiger charge is -2.10. The highest BCUT2D eigenvalue weighted by atomic mass is 16.1. The van der Waals surface area contributed by atoms with E-state index in [1.54, 1.807) is 11.0 Å². The molecule has 0 aliphatic carbocycles. The van der Waals surface area contributed by atoms with E-state index in [0.29, 0.717) is 11.5 Å². The Morgan fingerprint density at radius 2 is 2.43 bits per heavy atom. The van der Waals surface area contributed by atoms with Crippen molar-refractivity contribution in [3.05, 3.63) is 42.5 Å². The highest BCUT2D eigenvalue weighted by Crippen LogP contribution is 2.12. The Hall–Kier alpha value is -2.21. The Bertz CT molecular complexity index is 590. The van der Waals surface area contributed by atoms with Crippen LogP contribution >= 0.6 is 0 Å². The molecule has 0 saturated carbocycles. The van der Waals surface area contributed by atoms with Crippen LogP contribution in [0.25, 0.3) is 5.69 Å². The summed E-state index contributed by atoms with van der Waals surface area (Å²) in [5, 5.41) is 10.4. The molecule has 1 unspecified atom stereocenters. The van der Waals surface area contributed by atoms with Gasteiger partial charge < -0.3 is 10.6 Å². The molecule has 110 valence electrons. The minimum absolute atomic E-state index is 0.0390. The highest BCUT2D eigenvalue weighted by Gasteiger charge is 2.14. The fraction of sp³-hybridized carbons (Fsp3) is 0.400. The lowest BCUT2D eigenvalue weighted by atomic mass is 10.1. The van der Waals surface area contributed by atoms with Gasteiger partial charge in [-0.05, 0) is 50.0 Å². The average Bonchev–Trinajstić information content (AvgIpc) is 3.21. The van der Waals surface area contributed by atoms with Crippen LogP contribution in [0.5, 0.6) is 0 Å². The number of nitrogens with zero attached hydrogens (tertiary/aromatic N) is 3. The van der Waals surface area contributed by atoms with E-state index < -0.39 is 0 Å². The van der Waals surface area contributed by atoms with Crippen molar-refractivity contribution in [1.82, 2.24) is 25.4 Å². The number of aromatic nitrogens is 3. The Balaban J connectivity index is 1.58. The summed E-state index contributed by atoms with van der Waals surface area (Å²) >= 11 is 0. The summed E-state index contributed by atoms with van der Waals surface area (Å²) in [6.07, 6.45) is 5.33. The van der Waals surface area contributed by atoms with E-state index >= 15 is 0 Å². The zero-order valence-corrected chi connectivity index (χ0v) is 11.8. The van der Waals surface area contributed by atoms with E-state index in [1.807, 2.05) is 24.3 Å². The SMILES string of the molecule is O=C(NCCC1CCNC1)c1cccc(-n2cncn2)c1. The monoisotopic (exact) mass is 285 g/mol. The van der Waals surface area contributed by atoms with E-state index in [0.717, 1.165) is 31.7 Å². The predicted octanol–water partition coefficient (Wildman–Crippen LogP) is 0.997. The summed E-state index contributed by atoms with van der Waals surface area (Å²) in [7, 11) is 0. The smallest absolute Gasteiger partial charge is 0.251 e. The maximum absolute atomic E-state index is 12.2. The van der Waals surface area contributed by atoms with Gasteiger partial charge in [-0.15, -0.1) is 0 Å². The molecule has 1 aromatic heterocycles. The van der Waals surface area contributed by atoms with Crippen LogP contribution in [0.15, 0.2) is 36.9 Å². The molecule has 3 rings (SSSR count). The van der Waals surface area contributed by atoms with Gasteiger partial charge in [0.15, 0.2) is 0 Å². The molecule has 1 aromatic carbocycles. The minimum Gasteiger partial charge on any atom is -0.352 e. The second-order valence-electron chi connectivity index (χ2n) is 5.29. The lowest BCUT2D eigenvalue weighted by molar-refractivity contribution is 0.0951. The van der Waals surface area contributed by atoms with Crippen molar-refractivity contribution in [2.45, 2.75) is 12.8 Å². The summed E-state index contributed by atoms with van der Waals surface area (Å²) < 4.78 is 1.64. The van der Waals surface area contributed by atoms with Crippen molar-refractivity contribution in [1.29, 1.82) is 0 Å². The van der Waals surface area contributed by atoms with E-state index in [-0.39, 0.29) is 5.91 Å². The van der Waals surface area contributed by atoms with E-state index in [2.05, 4.69) is 20.7 Å². The largest absolute Gasteiger partial charge is 0.352 e. The third kappa shape index (κ3) is 3.46. The summed E-state index contributed by atoms with van der Waals surface area (Å²) in [5.74, 6) is 0.648. The van der Waals surface area contributed by atoms with Crippen molar-refractivity contribution in [2.75, 3.05) is 19.6 Å². The molecule has 1 aliphatic rings. The van der Waals surface area contributed by atoms with Crippen molar-refractivity contribution >= 4 is 5.91 Å². The molecule has 2 N–H and O–H groups in total. The predicted molar refractivity (Wildman–Crippen MR) is 79.3 cm³/mol. The average molecular weight is 285 g/mol. The number of amides is 1. The second-order valence-corrected chi connectivity index (χ2v) is 5.29. The number of hydrogen-bond acceptors (Lipinski definition) is 4. The fourth-order valence-corrected chi connectivity index (χ4v) is 2.58. The van der Waals surface area contributed by atoms with Crippen LogP contribution in [-0.4, -0.2) is 40.3 Å². The molecule has 1 atom stereocenters. The van der Waals surface area contributed by atoms with E-state index in [1.165, 1.54) is 12.7 Å². The standard InChI is InChI=1S/C15H19N5O/c21-15(18-7-5-12-4-6-16-9-12)13-2-1-3-14(8-13)20-11-17-10-19-20/h1-3,8,10-12,16H,4-7,9H2,(H,18,21). The van der Waals surface area contributed by atoms with Crippen LogP contribution in [0.4, 0.5) is 0 Å². The third-order valence-electron chi connectivity index (χ3n) is 3.79. The Kier molecular flexibility index (Phi) is 4.25. The van der Waals surface area contributed by atoms with Gasteiger partial charge in [0, 0.05) is 12.1 Å². The quantitative estimate of drug-likeness (QED) is 0.859. The lowest BCUT2D eigenvalue weighted by Crippen LogP contribution is -2.26. The summed E-state index contributed by atoms with van der Waals surface area (Å²) in [4.78, 5) is 16.1. The molecule has 0 radical (unpaired) electrons. The van der Waals surface area contributed by atoms with Gasteiger partial charge in [0.1, 0.15) is 12.7 Å². The molecular weight excluding hydrogens is 266 g/mol. The molecule has 1 fully saturated rings. The van der Waals surface area contributed by atoms with Crippen LogP contribution in [0.2, 0.25) is 0 Å². The summed E-state index contributed by atoms with van der Waals surface area (Å²) in [6.45, 7) is 2.88. The zero-order valence-electron chi connectivity index (χ0n) is 11.8. The van der Waals surface area contributed by atoms with Gasteiger partial charge in [0.05, 0.1) is 5.69 Å². The van der Waals surface area contributed by atoms with Crippen molar-refractivity contribution in [3.8, 4) is 5.69 Å². The molecule has 2 heterocycles. The second kappa shape index (κ2) is 6.49. The van der Waals surface area contributed by atoms with Gasteiger partial charge in [0.2, 0.25) is 0 Å². The third-order valence-corrected chi connectivity index (χ3v) is 3.79. The van der Waals surface area contributed by atoms with E-state index in [4.69, 9.17) is 0 Å². The van der Waals surface area contributed by atoms with Crippen LogP contribution in [0.3, 0.4) is 0 Å². The summed E-state index contributed by atoms with van der Waals surface area (Å²) in [6, 6.07) is 7.39. The first-order valence-corrected chi connectivity index (χ1v) is 7.27. The van der Waals surface area contributed by atoms with Gasteiger partial charge in [-0.1, -0.05) is 6.07 Å². The number of nitrogens with one attached hydrogen (secondary N) is 2. The fourth-order valence-electron chi connectivity index (χ4n) is 2.58. The molecular formula is C15H19N5O. The Labute approximate surface area is 123 Å². The molecule has 0 spiro atoms. The van der Waals surface area contributed by atoms with Crippen LogP contribution in [-0.2, 0) is 0 Å². The molecule has 1 amide bonds. The van der Waals surface area contributed by atoms with Gasteiger partial charge >= 0.3 is 0 Å². The number of carbonyl (C=O) groups is 1. The van der Waals surface area contributed by atoms with Gasteiger partial charge in [-0.25, -0.2) is 9.67 Å².